The van der Waals surface area contributed by atoms with Gasteiger partial charge in [0.1, 0.15) is 5.82 Å². The Morgan fingerprint density at radius 2 is 1.91 bits per heavy atom. The van der Waals surface area contributed by atoms with Crippen molar-refractivity contribution in [2.24, 2.45) is 11.7 Å². The third-order valence-electron chi connectivity index (χ3n) is 6.39. The maximum absolute atomic E-state index is 13.2. The fourth-order valence-corrected chi connectivity index (χ4v) is 4.22. The van der Waals surface area contributed by atoms with E-state index in [1.54, 1.807) is 4.68 Å². The number of nitrogens with zero attached hydrogens (tertiary/aromatic N) is 2. The van der Waals surface area contributed by atoms with Gasteiger partial charge in [0.25, 0.3) is 0 Å². The maximum Gasteiger partial charge on any atom is 0.317 e. The van der Waals surface area contributed by atoms with Crippen LogP contribution in [0, 0.1) is 12.8 Å². The first kappa shape index (κ1) is 25.2. The molecular weight excluding hydrogens is 424 g/mol. The van der Waals surface area contributed by atoms with E-state index in [-0.39, 0.29) is 5.78 Å². The lowest BCUT2D eigenvalue weighted by molar-refractivity contribution is -0.115. The molecule has 180 valence electrons. The Hall–Kier alpha value is -3.41. The SMILES string of the molecule is CC\C=C/C(=C\C(C(=O)CCC)=C(/C)C1CCC1)c1nn(-c2ccccc2)c(NC(N)=O)c1C. The minimum absolute atomic E-state index is 0.171. The molecule has 3 rings (SSSR count). The number of aromatic nitrogens is 2. The molecule has 0 unspecified atom stereocenters. The van der Waals surface area contributed by atoms with Gasteiger partial charge < -0.3 is 5.73 Å². The second-order valence-corrected chi connectivity index (χ2v) is 8.87. The molecular formula is C28H36N4O2. The van der Waals surface area contributed by atoms with Crippen LogP contribution in [0.25, 0.3) is 11.3 Å². The molecule has 6 nitrogen and oxygen atoms in total. The number of nitrogens with two attached hydrogens (primary N) is 1. The summed E-state index contributed by atoms with van der Waals surface area (Å²) in [7, 11) is 0. The lowest BCUT2D eigenvalue weighted by Crippen LogP contribution is -2.21. The summed E-state index contributed by atoms with van der Waals surface area (Å²) in [5, 5.41) is 7.61. The summed E-state index contributed by atoms with van der Waals surface area (Å²) in [6, 6.07) is 8.95. The Labute approximate surface area is 202 Å². The van der Waals surface area contributed by atoms with Gasteiger partial charge in [0.2, 0.25) is 0 Å². The topological polar surface area (TPSA) is 90.0 Å². The predicted octanol–water partition coefficient (Wildman–Crippen LogP) is 6.51. The first-order chi connectivity index (χ1) is 16.4. The van der Waals surface area contributed by atoms with Gasteiger partial charge >= 0.3 is 6.03 Å². The number of amides is 2. The van der Waals surface area contributed by atoms with Gasteiger partial charge in [-0.2, -0.15) is 5.10 Å². The molecule has 1 fully saturated rings. The van der Waals surface area contributed by atoms with Crippen LogP contribution in [0.4, 0.5) is 10.6 Å². The Morgan fingerprint density at radius 1 is 1.21 bits per heavy atom. The number of urea groups is 1. The van der Waals surface area contributed by atoms with Crippen LogP contribution in [0.1, 0.15) is 70.6 Å². The lowest BCUT2D eigenvalue weighted by atomic mass is 9.77. The average molecular weight is 461 g/mol. The van der Waals surface area contributed by atoms with Crippen LogP contribution in [0.2, 0.25) is 0 Å². The fraction of sp³-hybridized carbons (Fsp3) is 0.393. The van der Waals surface area contributed by atoms with Crippen molar-refractivity contribution in [1.29, 1.82) is 0 Å². The van der Waals surface area contributed by atoms with Crippen LogP contribution >= 0.6 is 0 Å². The summed E-state index contributed by atoms with van der Waals surface area (Å²) in [5.74, 6) is 1.16. The Kier molecular flexibility index (Phi) is 8.63. The summed E-state index contributed by atoms with van der Waals surface area (Å²) in [6.07, 6.45) is 11.7. The summed E-state index contributed by atoms with van der Waals surface area (Å²) < 4.78 is 1.69. The third kappa shape index (κ3) is 5.74. The molecule has 1 aromatic heterocycles. The summed E-state index contributed by atoms with van der Waals surface area (Å²) >= 11 is 0. The van der Waals surface area contributed by atoms with Gasteiger partial charge in [-0.05, 0) is 63.7 Å². The number of rotatable bonds is 10. The molecule has 0 spiro atoms. The van der Waals surface area contributed by atoms with Gasteiger partial charge in [-0.25, -0.2) is 9.48 Å². The molecule has 1 heterocycles. The minimum atomic E-state index is -0.652. The smallest absolute Gasteiger partial charge is 0.317 e. The van der Waals surface area contributed by atoms with Crippen molar-refractivity contribution in [3.05, 3.63) is 71.0 Å². The number of hydrogen-bond acceptors (Lipinski definition) is 3. The monoisotopic (exact) mass is 460 g/mol. The zero-order valence-electron chi connectivity index (χ0n) is 20.7. The quantitative estimate of drug-likeness (QED) is 0.313. The number of benzene rings is 1. The van der Waals surface area contributed by atoms with E-state index < -0.39 is 6.03 Å². The molecule has 2 amide bonds. The largest absolute Gasteiger partial charge is 0.351 e. The molecule has 0 saturated heterocycles. The van der Waals surface area contributed by atoms with Crippen LogP contribution in [0.5, 0.6) is 0 Å². The number of carbonyl (C=O) groups is 2. The molecule has 0 bridgehead atoms. The number of ketones is 1. The highest BCUT2D eigenvalue weighted by Crippen LogP contribution is 2.36. The maximum atomic E-state index is 13.2. The van der Waals surface area contributed by atoms with Crippen molar-refractivity contribution in [2.75, 3.05) is 5.32 Å². The Balaban J connectivity index is 2.21. The molecule has 1 aromatic carbocycles. The molecule has 1 saturated carbocycles. The van der Waals surface area contributed by atoms with E-state index in [1.165, 1.54) is 12.0 Å². The highest BCUT2D eigenvalue weighted by molar-refractivity contribution is 6.01. The number of nitrogens with one attached hydrogen (secondary N) is 1. The Morgan fingerprint density at radius 3 is 2.47 bits per heavy atom. The number of carbonyl (C=O) groups excluding carboxylic acids is 2. The zero-order chi connectivity index (χ0) is 24.7. The molecule has 0 aliphatic heterocycles. The molecule has 1 aliphatic rings. The molecule has 3 N–H and O–H groups in total. The van der Waals surface area contributed by atoms with E-state index in [2.05, 4.69) is 25.2 Å². The van der Waals surface area contributed by atoms with E-state index in [1.807, 2.05) is 56.3 Å². The van der Waals surface area contributed by atoms with Gasteiger partial charge in [0, 0.05) is 23.1 Å². The van der Waals surface area contributed by atoms with Crippen molar-refractivity contribution < 1.29 is 9.59 Å². The lowest BCUT2D eigenvalue weighted by Gasteiger charge is -2.28. The van der Waals surface area contributed by atoms with E-state index in [0.29, 0.717) is 23.9 Å². The van der Waals surface area contributed by atoms with E-state index in [4.69, 9.17) is 10.8 Å². The van der Waals surface area contributed by atoms with E-state index in [0.717, 1.165) is 48.1 Å². The molecule has 2 aromatic rings. The number of Topliss-reactive ketones (excluding diaryl/α,β-unsaturated/α-hetero) is 1. The molecule has 34 heavy (non-hydrogen) atoms. The number of primary amides is 1. The second-order valence-electron chi connectivity index (χ2n) is 8.87. The number of anilines is 1. The van der Waals surface area contributed by atoms with Crippen LogP contribution in [0.3, 0.4) is 0 Å². The van der Waals surface area contributed by atoms with Gasteiger partial charge in [0.05, 0.1) is 11.4 Å². The van der Waals surface area contributed by atoms with Gasteiger partial charge in [-0.15, -0.1) is 0 Å². The van der Waals surface area contributed by atoms with Gasteiger partial charge in [-0.1, -0.05) is 56.2 Å². The van der Waals surface area contributed by atoms with Gasteiger partial charge in [-0.3, -0.25) is 10.1 Å². The normalized spacial score (nSPS) is 15.2. The summed E-state index contributed by atoms with van der Waals surface area (Å²) in [5.41, 5.74) is 10.6. The van der Waals surface area contributed by atoms with Crippen LogP contribution in [-0.2, 0) is 4.79 Å². The Bertz CT molecular complexity index is 1120. The molecule has 0 radical (unpaired) electrons. The third-order valence-corrected chi connectivity index (χ3v) is 6.39. The first-order valence-corrected chi connectivity index (χ1v) is 12.2. The first-order valence-electron chi connectivity index (χ1n) is 12.2. The fourth-order valence-electron chi connectivity index (χ4n) is 4.22. The standard InChI is InChI=1S/C28H36N4O2/c1-5-7-13-22(18-24(25(33)12-6-2)19(3)21-14-11-15-21)26-20(4)27(30-28(29)34)32(31-26)23-16-9-8-10-17-23/h7-10,13,16-18,21H,5-6,11-12,14-15H2,1-4H3,(H3,29,30,34)/b13-7-,22-18+,24-19-. The van der Waals surface area contributed by atoms with Crippen molar-refractivity contribution in [1.82, 2.24) is 9.78 Å². The van der Waals surface area contributed by atoms with E-state index >= 15 is 0 Å². The number of hydrogen-bond donors (Lipinski definition) is 2. The summed E-state index contributed by atoms with van der Waals surface area (Å²) in [6.45, 7) is 8.11. The highest BCUT2D eigenvalue weighted by Gasteiger charge is 2.25. The number of allylic oxidation sites excluding steroid dienone is 6. The molecule has 1 aliphatic carbocycles. The average Bonchev–Trinajstić information content (AvgIpc) is 3.09. The van der Waals surface area contributed by atoms with E-state index in [9.17, 15) is 9.59 Å². The van der Waals surface area contributed by atoms with Crippen LogP contribution < -0.4 is 11.1 Å². The van der Waals surface area contributed by atoms with Crippen molar-refractivity contribution in [2.45, 2.75) is 66.2 Å². The zero-order valence-corrected chi connectivity index (χ0v) is 20.7. The van der Waals surface area contributed by atoms with Crippen molar-refractivity contribution >= 4 is 23.2 Å². The van der Waals surface area contributed by atoms with Crippen LogP contribution in [0.15, 0.2) is 59.7 Å². The second kappa shape index (κ2) is 11.6. The molecule has 6 heteroatoms. The van der Waals surface area contributed by atoms with Crippen molar-refractivity contribution in [3.8, 4) is 5.69 Å². The minimum Gasteiger partial charge on any atom is -0.351 e. The number of para-hydroxylation sites is 1. The van der Waals surface area contributed by atoms with Crippen LogP contribution in [-0.4, -0.2) is 21.6 Å². The van der Waals surface area contributed by atoms with Gasteiger partial charge in [0.15, 0.2) is 5.78 Å². The van der Waals surface area contributed by atoms with Crippen molar-refractivity contribution in [3.63, 3.8) is 0 Å². The predicted molar refractivity (Wildman–Crippen MR) is 139 cm³/mol. The molecule has 0 atom stereocenters. The highest BCUT2D eigenvalue weighted by atomic mass is 16.2. The summed E-state index contributed by atoms with van der Waals surface area (Å²) in [4.78, 5) is 25.0.